The summed E-state index contributed by atoms with van der Waals surface area (Å²) in [6.07, 6.45) is 0.892. The molecule has 19 heavy (non-hydrogen) atoms. The highest BCUT2D eigenvalue weighted by molar-refractivity contribution is 5.92. The Morgan fingerprint density at radius 3 is 2.63 bits per heavy atom. The van der Waals surface area contributed by atoms with Crippen LogP contribution in [0.3, 0.4) is 0 Å². The molecule has 1 aromatic heterocycles. The van der Waals surface area contributed by atoms with Crippen molar-refractivity contribution in [2.45, 2.75) is 26.3 Å². The molecule has 0 aromatic carbocycles. The largest absolute Gasteiger partial charge is 0.367 e. The van der Waals surface area contributed by atoms with Crippen LogP contribution in [0.15, 0.2) is 12.1 Å². The summed E-state index contributed by atoms with van der Waals surface area (Å²) in [4.78, 5) is 13.9. The molecule has 0 fully saturated rings. The third-order valence-corrected chi connectivity index (χ3v) is 2.75. The molecule has 1 heterocycles. The van der Waals surface area contributed by atoms with Crippen LogP contribution in [0.25, 0.3) is 0 Å². The molecule has 6 nitrogen and oxygen atoms in total. The minimum Gasteiger partial charge on any atom is -0.367 e. The Hall–Kier alpha value is -1.69. The molecule has 0 aliphatic rings. The van der Waals surface area contributed by atoms with E-state index in [4.69, 9.17) is 0 Å². The van der Waals surface area contributed by atoms with Gasteiger partial charge in [-0.15, -0.1) is 10.2 Å². The zero-order chi connectivity index (χ0) is 14.3. The molecule has 0 aliphatic heterocycles. The minimum absolute atomic E-state index is 0.146. The Kier molecular flexibility index (Phi) is 6.21. The average molecular weight is 265 g/mol. The second-order valence-corrected chi connectivity index (χ2v) is 4.82. The van der Waals surface area contributed by atoms with Crippen LogP contribution < -0.4 is 10.6 Å². The Labute approximate surface area is 114 Å². The molecule has 0 spiro atoms. The summed E-state index contributed by atoms with van der Waals surface area (Å²) in [5, 5.41) is 13.9. The first-order chi connectivity index (χ1) is 9.02. The van der Waals surface area contributed by atoms with Crippen molar-refractivity contribution in [3.63, 3.8) is 0 Å². The molecule has 1 rings (SSSR count). The molecule has 1 atom stereocenters. The number of likely N-dealkylation sites (N-methyl/N-ethyl adjacent to an activating group) is 1. The van der Waals surface area contributed by atoms with Crippen LogP contribution in [0.1, 0.15) is 30.8 Å². The van der Waals surface area contributed by atoms with Crippen LogP contribution in [-0.4, -0.2) is 54.2 Å². The van der Waals surface area contributed by atoms with Gasteiger partial charge in [0.1, 0.15) is 5.82 Å². The smallest absolute Gasteiger partial charge is 0.272 e. The molecule has 6 heteroatoms. The standard InChI is InChI=1S/C13H23N5O/c1-5-10(2)15-13(19)11-6-7-12(17-16-11)14-8-9-18(3)4/h6-7,10H,5,8-9H2,1-4H3,(H,14,17)(H,15,19). The molecule has 2 N–H and O–H groups in total. The molecule has 0 bridgehead atoms. The van der Waals surface area contributed by atoms with Crippen molar-refractivity contribution >= 4 is 11.7 Å². The first-order valence-corrected chi connectivity index (χ1v) is 6.56. The summed E-state index contributed by atoms with van der Waals surface area (Å²) >= 11 is 0. The van der Waals surface area contributed by atoms with E-state index >= 15 is 0 Å². The fourth-order valence-electron chi connectivity index (χ4n) is 1.36. The van der Waals surface area contributed by atoms with Crippen LogP contribution in [0, 0.1) is 0 Å². The Morgan fingerprint density at radius 1 is 1.37 bits per heavy atom. The maximum atomic E-state index is 11.8. The van der Waals surface area contributed by atoms with Gasteiger partial charge in [-0.05, 0) is 39.6 Å². The Morgan fingerprint density at radius 2 is 2.11 bits per heavy atom. The van der Waals surface area contributed by atoms with Gasteiger partial charge in [0.05, 0.1) is 0 Å². The monoisotopic (exact) mass is 265 g/mol. The minimum atomic E-state index is -0.179. The third kappa shape index (κ3) is 5.65. The van der Waals surface area contributed by atoms with Gasteiger partial charge in [0.15, 0.2) is 5.69 Å². The second-order valence-electron chi connectivity index (χ2n) is 4.82. The topological polar surface area (TPSA) is 70.2 Å². The van der Waals surface area contributed by atoms with E-state index in [-0.39, 0.29) is 11.9 Å². The van der Waals surface area contributed by atoms with Gasteiger partial charge >= 0.3 is 0 Å². The van der Waals surface area contributed by atoms with Crippen LogP contribution in [0.5, 0.6) is 0 Å². The number of anilines is 1. The first-order valence-electron chi connectivity index (χ1n) is 6.56. The molecule has 1 unspecified atom stereocenters. The van der Waals surface area contributed by atoms with Crippen LogP contribution >= 0.6 is 0 Å². The number of nitrogens with zero attached hydrogens (tertiary/aromatic N) is 3. The summed E-state index contributed by atoms with van der Waals surface area (Å²) in [5.41, 5.74) is 0.346. The van der Waals surface area contributed by atoms with Crippen molar-refractivity contribution in [1.29, 1.82) is 0 Å². The number of nitrogens with one attached hydrogen (secondary N) is 2. The summed E-state index contributed by atoms with van der Waals surface area (Å²) < 4.78 is 0. The average Bonchev–Trinajstić information content (AvgIpc) is 2.38. The highest BCUT2D eigenvalue weighted by Gasteiger charge is 2.10. The van der Waals surface area contributed by atoms with Gasteiger partial charge in [0.25, 0.3) is 5.91 Å². The van der Waals surface area contributed by atoms with E-state index in [9.17, 15) is 4.79 Å². The zero-order valence-electron chi connectivity index (χ0n) is 12.1. The van der Waals surface area contributed by atoms with Crippen molar-refractivity contribution < 1.29 is 4.79 Å². The predicted octanol–water partition coefficient (Wildman–Crippen LogP) is 0.978. The maximum Gasteiger partial charge on any atom is 0.272 e. The number of hydrogen-bond donors (Lipinski definition) is 2. The Balaban J connectivity index is 2.49. The van der Waals surface area contributed by atoms with E-state index in [1.165, 1.54) is 0 Å². The van der Waals surface area contributed by atoms with Crippen molar-refractivity contribution in [3.05, 3.63) is 17.8 Å². The molecule has 0 radical (unpaired) electrons. The fraction of sp³-hybridized carbons (Fsp3) is 0.615. The van der Waals surface area contributed by atoms with Gasteiger partial charge in [0.2, 0.25) is 0 Å². The number of carbonyl (C=O) groups excluding carboxylic acids is 1. The van der Waals surface area contributed by atoms with E-state index in [2.05, 4.69) is 25.7 Å². The maximum absolute atomic E-state index is 11.8. The van der Waals surface area contributed by atoms with Crippen LogP contribution in [0.2, 0.25) is 0 Å². The van der Waals surface area contributed by atoms with Crippen molar-refractivity contribution in [2.75, 3.05) is 32.5 Å². The lowest BCUT2D eigenvalue weighted by Crippen LogP contribution is -2.32. The molecule has 0 saturated heterocycles. The van der Waals surface area contributed by atoms with Gasteiger partial charge in [-0.2, -0.15) is 0 Å². The molecule has 0 aliphatic carbocycles. The van der Waals surface area contributed by atoms with Crippen molar-refractivity contribution in [3.8, 4) is 0 Å². The van der Waals surface area contributed by atoms with E-state index in [0.29, 0.717) is 11.5 Å². The van der Waals surface area contributed by atoms with Crippen molar-refractivity contribution in [2.24, 2.45) is 0 Å². The lowest BCUT2D eigenvalue weighted by Gasteiger charge is -2.11. The van der Waals surface area contributed by atoms with Crippen LogP contribution in [-0.2, 0) is 0 Å². The number of amides is 1. The lowest BCUT2D eigenvalue weighted by molar-refractivity contribution is 0.0933. The molecular formula is C13H23N5O. The van der Waals surface area contributed by atoms with Gasteiger partial charge in [-0.1, -0.05) is 6.92 Å². The molecule has 106 valence electrons. The number of hydrogen-bond acceptors (Lipinski definition) is 5. The molecule has 1 amide bonds. The normalized spacial score (nSPS) is 12.3. The highest BCUT2D eigenvalue weighted by Crippen LogP contribution is 2.02. The lowest BCUT2D eigenvalue weighted by atomic mass is 10.2. The molecule has 0 saturated carbocycles. The summed E-state index contributed by atoms with van der Waals surface area (Å²) in [6, 6.07) is 3.60. The van der Waals surface area contributed by atoms with Crippen LogP contribution in [0.4, 0.5) is 5.82 Å². The predicted molar refractivity (Wildman–Crippen MR) is 76.3 cm³/mol. The van der Waals surface area contributed by atoms with Gasteiger partial charge in [0, 0.05) is 19.1 Å². The summed E-state index contributed by atoms with van der Waals surface area (Å²) in [6.45, 7) is 5.69. The SMILES string of the molecule is CCC(C)NC(=O)c1ccc(NCCN(C)C)nn1. The van der Waals surface area contributed by atoms with Crippen molar-refractivity contribution in [1.82, 2.24) is 20.4 Å². The van der Waals surface area contributed by atoms with E-state index in [1.807, 2.05) is 27.9 Å². The summed E-state index contributed by atoms with van der Waals surface area (Å²) in [7, 11) is 4.02. The summed E-state index contributed by atoms with van der Waals surface area (Å²) in [5.74, 6) is 0.503. The van der Waals surface area contributed by atoms with Gasteiger partial charge in [-0.25, -0.2) is 0 Å². The number of rotatable bonds is 7. The second kappa shape index (κ2) is 7.68. The van der Waals surface area contributed by atoms with Gasteiger partial charge in [-0.3, -0.25) is 4.79 Å². The van der Waals surface area contributed by atoms with E-state index in [0.717, 1.165) is 19.5 Å². The molecular weight excluding hydrogens is 242 g/mol. The fourth-order valence-corrected chi connectivity index (χ4v) is 1.36. The number of carbonyl (C=O) groups is 1. The zero-order valence-corrected chi connectivity index (χ0v) is 12.1. The number of aromatic nitrogens is 2. The highest BCUT2D eigenvalue weighted by atomic mass is 16.2. The van der Waals surface area contributed by atoms with Gasteiger partial charge < -0.3 is 15.5 Å². The third-order valence-electron chi connectivity index (χ3n) is 2.75. The van der Waals surface area contributed by atoms with E-state index in [1.54, 1.807) is 12.1 Å². The first kappa shape index (κ1) is 15.4. The van der Waals surface area contributed by atoms with E-state index < -0.39 is 0 Å². The Bertz CT molecular complexity index is 391. The quantitative estimate of drug-likeness (QED) is 0.769. The molecule has 1 aromatic rings.